The third-order valence-corrected chi connectivity index (χ3v) is 6.97. The Morgan fingerprint density at radius 2 is 1.90 bits per heavy atom. The Balaban J connectivity index is 2.06. The van der Waals surface area contributed by atoms with Crippen molar-refractivity contribution in [1.29, 1.82) is 0 Å². The summed E-state index contributed by atoms with van der Waals surface area (Å²) < 4.78 is 24.0. The summed E-state index contributed by atoms with van der Waals surface area (Å²) in [4.78, 5) is 12.3. The summed E-state index contributed by atoms with van der Waals surface area (Å²) in [6.07, 6.45) is 5.20. The first-order valence-electron chi connectivity index (χ1n) is 7.53. The molecule has 1 unspecified atom stereocenters. The van der Waals surface area contributed by atoms with Gasteiger partial charge in [-0.05, 0) is 44.4 Å². The molecule has 1 amide bonds. The van der Waals surface area contributed by atoms with Crippen LogP contribution in [-0.2, 0) is 14.6 Å². The zero-order valence-corrected chi connectivity index (χ0v) is 12.9. The quantitative estimate of drug-likeness (QED) is 0.815. The molecule has 1 aliphatic heterocycles. The van der Waals surface area contributed by atoms with Gasteiger partial charge in [-0.2, -0.15) is 0 Å². The van der Waals surface area contributed by atoms with Crippen LogP contribution in [0.15, 0.2) is 0 Å². The fraction of sp³-hybridized carbons (Fsp3) is 0.929. The smallest absolute Gasteiger partial charge is 0.238 e. The van der Waals surface area contributed by atoms with Gasteiger partial charge in [0.05, 0.1) is 17.9 Å². The lowest BCUT2D eigenvalue weighted by atomic mass is 9.77. The predicted octanol–water partition coefficient (Wildman–Crippen LogP) is 1.01. The molecule has 0 spiro atoms. The Morgan fingerprint density at radius 3 is 2.45 bits per heavy atom. The van der Waals surface area contributed by atoms with Crippen LogP contribution in [0.2, 0.25) is 0 Å². The molecule has 1 saturated heterocycles. The van der Waals surface area contributed by atoms with Crippen molar-refractivity contribution in [2.45, 2.75) is 62.7 Å². The molecule has 1 heterocycles. The van der Waals surface area contributed by atoms with Gasteiger partial charge in [0.15, 0.2) is 9.84 Å². The van der Waals surface area contributed by atoms with Gasteiger partial charge in [-0.15, -0.1) is 0 Å². The highest BCUT2D eigenvalue weighted by Gasteiger charge is 2.40. The van der Waals surface area contributed by atoms with Crippen molar-refractivity contribution in [3.8, 4) is 0 Å². The molecule has 1 aliphatic carbocycles. The first-order valence-corrected chi connectivity index (χ1v) is 9.24. The highest BCUT2D eigenvalue weighted by molar-refractivity contribution is 7.92. The van der Waals surface area contributed by atoms with E-state index in [-0.39, 0.29) is 12.4 Å². The summed E-state index contributed by atoms with van der Waals surface area (Å²) in [6, 6.07) is 0. The summed E-state index contributed by atoms with van der Waals surface area (Å²) in [5, 5.41) is 11.6. The molecule has 2 rings (SSSR count). The first kappa shape index (κ1) is 15.8. The van der Waals surface area contributed by atoms with Crippen molar-refractivity contribution >= 4 is 15.7 Å². The average Bonchev–Trinajstić information content (AvgIpc) is 2.41. The number of aliphatic hydroxyl groups is 1. The van der Waals surface area contributed by atoms with Crippen LogP contribution in [0.5, 0.6) is 0 Å². The molecule has 2 N–H and O–H groups in total. The molecule has 0 bridgehead atoms. The topological polar surface area (TPSA) is 83.5 Å². The monoisotopic (exact) mass is 303 g/mol. The van der Waals surface area contributed by atoms with E-state index in [1.165, 1.54) is 0 Å². The van der Waals surface area contributed by atoms with E-state index >= 15 is 0 Å². The molecule has 0 aromatic carbocycles. The second kappa shape index (κ2) is 6.02. The number of nitrogens with one attached hydrogen (secondary N) is 1. The zero-order valence-electron chi connectivity index (χ0n) is 12.1. The van der Waals surface area contributed by atoms with Gasteiger partial charge >= 0.3 is 0 Å². The summed E-state index contributed by atoms with van der Waals surface area (Å²) in [5.41, 5.74) is -0.615. The molecule has 6 heteroatoms. The molecule has 1 atom stereocenters. The Kier molecular flexibility index (Phi) is 4.74. The van der Waals surface area contributed by atoms with Crippen molar-refractivity contribution in [3.05, 3.63) is 0 Å². The van der Waals surface area contributed by atoms with Gasteiger partial charge < -0.3 is 10.4 Å². The molecule has 2 aliphatic rings. The Labute approximate surface area is 121 Å². The number of amides is 1. The van der Waals surface area contributed by atoms with Crippen molar-refractivity contribution in [2.24, 2.45) is 5.92 Å². The molecule has 20 heavy (non-hydrogen) atoms. The standard InChI is InChI=1S/C14H25NO4S/c1-11-5-7-14(10-16,8-6-11)15-13(17)12-4-2-3-9-20(12,18)19/h11-12,16H,2-10H2,1H3,(H,15,17). The zero-order chi connectivity index (χ0) is 14.8. The third kappa shape index (κ3) is 3.34. The minimum absolute atomic E-state index is 0.105. The van der Waals surface area contributed by atoms with Gasteiger partial charge in [0, 0.05) is 0 Å². The van der Waals surface area contributed by atoms with Gasteiger partial charge in [0.1, 0.15) is 5.25 Å². The van der Waals surface area contributed by atoms with E-state index in [0.29, 0.717) is 18.8 Å². The Bertz CT molecular complexity index is 452. The number of carbonyl (C=O) groups is 1. The number of rotatable bonds is 3. The number of hydrogen-bond donors (Lipinski definition) is 2. The van der Waals surface area contributed by atoms with Crippen LogP contribution in [0.25, 0.3) is 0 Å². The van der Waals surface area contributed by atoms with Crippen LogP contribution >= 0.6 is 0 Å². The molecule has 116 valence electrons. The van der Waals surface area contributed by atoms with E-state index in [2.05, 4.69) is 12.2 Å². The molecule has 0 radical (unpaired) electrons. The van der Waals surface area contributed by atoms with E-state index in [4.69, 9.17) is 0 Å². The highest BCUT2D eigenvalue weighted by Crippen LogP contribution is 2.32. The van der Waals surface area contributed by atoms with Gasteiger partial charge in [-0.1, -0.05) is 13.3 Å². The van der Waals surface area contributed by atoms with Crippen LogP contribution in [0.3, 0.4) is 0 Å². The van der Waals surface area contributed by atoms with Crippen molar-refractivity contribution < 1.29 is 18.3 Å². The van der Waals surface area contributed by atoms with E-state index in [1.807, 2.05) is 0 Å². The molecule has 5 nitrogen and oxygen atoms in total. The van der Waals surface area contributed by atoms with Gasteiger partial charge in [0.25, 0.3) is 0 Å². The minimum atomic E-state index is -3.31. The SMILES string of the molecule is CC1CCC(CO)(NC(=O)C2CCCCS2(=O)=O)CC1. The number of carbonyl (C=O) groups excluding carboxylic acids is 1. The second-order valence-corrected chi connectivity index (χ2v) is 8.76. The number of aliphatic hydroxyl groups excluding tert-OH is 1. The third-order valence-electron chi connectivity index (χ3n) is 4.79. The average molecular weight is 303 g/mol. The largest absolute Gasteiger partial charge is 0.394 e. The lowest BCUT2D eigenvalue weighted by Crippen LogP contribution is -2.57. The van der Waals surface area contributed by atoms with Crippen LogP contribution in [-0.4, -0.2) is 42.6 Å². The summed E-state index contributed by atoms with van der Waals surface area (Å²) in [7, 11) is -3.31. The van der Waals surface area contributed by atoms with Crippen LogP contribution in [0.1, 0.15) is 51.9 Å². The number of hydrogen-bond acceptors (Lipinski definition) is 4. The maximum Gasteiger partial charge on any atom is 0.238 e. The van der Waals surface area contributed by atoms with E-state index in [9.17, 15) is 18.3 Å². The molecule has 0 aromatic heterocycles. The lowest BCUT2D eigenvalue weighted by Gasteiger charge is -2.39. The first-order chi connectivity index (χ1) is 9.38. The molecule has 2 fully saturated rings. The Morgan fingerprint density at radius 1 is 1.25 bits per heavy atom. The predicted molar refractivity (Wildman–Crippen MR) is 77.0 cm³/mol. The van der Waals surface area contributed by atoms with E-state index < -0.39 is 26.5 Å². The van der Waals surface area contributed by atoms with Gasteiger partial charge in [0.2, 0.25) is 5.91 Å². The minimum Gasteiger partial charge on any atom is -0.394 e. The van der Waals surface area contributed by atoms with Gasteiger partial charge in [-0.25, -0.2) is 8.42 Å². The fourth-order valence-electron chi connectivity index (χ4n) is 3.23. The molecule has 1 saturated carbocycles. The normalized spacial score (nSPS) is 37.3. The summed E-state index contributed by atoms with van der Waals surface area (Å²) in [5.74, 6) is 0.298. The highest BCUT2D eigenvalue weighted by atomic mass is 32.2. The second-order valence-electron chi connectivity index (χ2n) is 6.46. The number of sulfone groups is 1. The lowest BCUT2D eigenvalue weighted by molar-refractivity contribution is -0.124. The van der Waals surface area contributed by atoms with Crippen molar-refractivity contribution in [2.75, 3.05) is 12.4 Å². The van der Waals surface area contributed by atoms with Crippen molar-refractivity contribution in [1.82, 2.24) is 5.32 Å². The van der Waals surface area contributed by atoms with Crippen LogP contribution < -0.4 is 5.32 Å². The molecular weight excluding hydrogens is 278 g/mol. The Hall–Kier alpha value is -0.620. The van der Waals surface area contributed by atoms with E-state index in [0.717, 1.165) is 32.1 Å². The fourth-order valence-corrected chi connectivity index (χ4v) is 5.03. The molecular formula is C14H25NO4S. The summed E-state index contributed by atoms with van der Waals surface area (Å²) >= 11 is 0. The molecule has 0 aromatic rings. The van der Waals surface area contributed by atoms with Crippen LogP contribution in [0.4, 0.5) is 0 Å². The maximum atomic E-state index is 12.3. The van der Waals surface area contributed by atoms with Crippen molar-refractivity contribution in [3.63, 3.8) is 0 Å². The van der Waals surface area contributed by atoms with E-state index in [1.54, 1.807) is 0 Å². The van der Waals surface area contributed by atoms with Gasteiger partial charge in [-0.3, -0.25) is 4.79 Å². The van der Waals surface area contributed by atoms with Crippen LogP contribution in [0, 0.1) is 5.92 Å². The summed E-state index contributed by atoms with van der Waals surface area (Å²) in [6.45, 7) is 2.05. The maximum absolute atomic E-state index is 12.3.